The van der Waals surface area contributed by atoms with Gasteiger partial charge in [0.25, 0.3) is 0 Å². The van der Waals surface area contributed by atoms with Crippen LogP contribution in [0.2, 0.25) is 0 Å². The summed E-state index contributed by atoms with van der Waals surface area (Å²) in [7, 11) is 0. The minimum Gasteiger partial charge on any atom is -0.357 e. The van der Waals surface area contributed by atoms with Crippen molar-refractivity contribution in [3.63, 3.8) is 0 Å². The van der Waals surface area contributed by atoms with Crippen LogP contribution in [0.1, 0.15) is 25.1 Å². The summed E-state index contributed by atoms with van der Waals surface area (Å²) in [6.45, 7) is 9.06. The van der Waals surface area contributed by atoms with Crippen LogP contribution in [0.5, 0.6) is 0 Å². The van der Waals surface area contributed by atoms with E-state index in [4.69, 9.17) is 9.52 Å². The average molecular weight is 358 g/mol. The number of rotatable bonds is 6. The lowest BCUT2D eigenvalue weighted by Gasteiger charge is -2.36. The van der Waals surface area contributed by atoms with Crippen molar-refractivity contribution in [1.29, 1.82) is 0 Å². The minimum atomic E-state index is 0.678. The molecule has 140 valence electrons. The summed E-state index contributed by atoms with van der Waals surface area (Å²) in [4.78, 5) is 22.1. The Labute approximate surface area is 153 Å². The van der Waals surface area contributed by atoms with Crippen LogP contribution in [-0.4, -0.2) is 70.2 Å². The number of aryl methyl sites for hydroxylation is 2. The molecule has 0 aliphatic carbocycles. The highest BCUT2D eigenvalue weighted by molar-refractivity contribution is 5.80. The molecule has 1 fully saturated rings. The van der Waals surface area contributed by atoms with Gasteiger partial charge in [0, 0.05) is 58.1 Å². The van der Waals surface area contributed by atoms with Crippen molar-refractivity contribution in [2.75, 3.05) is 44.2 Å². The van der Waals surface area contributed by atoms with Crippen LogP contribution in [0.15, 0.2) is 28.0 Å². The molecule has 0 unspecified atom stereocenters. The quantitative estimate of drug-likeness (QED) is 0.462. The molecule has 2 aromatic rings. The van der Waals surface area contributed by atoms with Crippen LogP contribution >= 0.6 is 0 Å². The van der Waals surface area contributed by atoms with E-state index in [0.29, 0.717) is 11.7 Å². The highest BCUT2D eigenvalue weighted by Crippen LogP contribution is 2.10. The Bertz CT molecular complexity index is 694. The van der Waals surface area contributed by atoms with Gasteiger partial charge in [-0.1, -0.05) is 5.16 Å². The first-order valence-corrected chi connectivity index (χ1v) is 9.10. The molecule has 1 saturated heterocycles. The number of nitrogens with one attached hydrogen (secondary N) is 1. The SMILES string of the molecule is CCNC(=NCCCc1nc(C)no1)N1CCN(c2ncccn2)CC1. The Morgan fingerprint density at radius 3 is 2.65 bits per heavy atom. The van der Waals surface area contributed by atoms with Crippen molar-refractivity contribution < 1.29 is 4.52 Å². The fourth-order valence-electron chi connectivity index (χ4n) is 2.86. The fourth-order valence-corrected chi connectivity index (χ4v) is 2.86. The number of piperazine rings is 1. The minimum absolute atomic E-state index is 0.678. The standard InChI is InChI=1S/C17H26N8O/c1-3-18-16(19-7-4-6-15-22-14(2)23-26-15)24-10-12-25(13-11-24)17-20-8-5-9-21-17/h5,8-9H,3-4,6-7,10-13H2,1-2H3,(H,18,19). The second-order valence-corrected chi connectivity index (χ2v) is 6.10. The van der Waals surface area contributed by atoms with Crippen LogP contribution in [0, 0.1) is 6.92 Å². The number of hydrogen-bond acceptors (Lipinski definition) is 7. The number of nitrogens with zero attached hydrogens (tertiary/aromatic N) is 7. The van der Waals surface area contributed by atoms with Gasteiger partial charge in [0.05, 0.1) is 0 Å². The maximum atomic E-state index is 5.14. The van der Waals surface area contributed by atoms with Gasteiger partial charge in [-0.15, -0.1) is 0 Å². The molecule has 0 saturated carbocycles. The Hall–Kier alpha value is -2.71. The molecule has 0 radical (unpaired) electrons. The van der Waals surface area contributed by atoms with Crippen molar-refractivity contribution in [2.24, 2.45) is 4.99 Å². The molecule has 1 aliphatic rings. The number of hydrogen-bond donors (Lipinski definition) is 1. The summed E-state index contributed by atoms with van der Waals surface area (Å²) >= 11 is 0. The zero-order chi connectivity index (χ0) is 18.2. The van der Waals surface area contributed by atoms with Crippen molar-refractivity contribution in [1.82, 2.24) is 30.3 Å². The summed E-state index contributed by atoms with van der Waals surface area (Å²) in [5, 5.41) is 7.19. The van der Waals surface area contributed by atoms with Gasteiger partial charge >= 0.3 is 0 Å². The molecule has 0 bridgehead atoms. The third-order valence-electron chi connectivity index (χ3n) is 4.13. The number of aliphatic imine (C=N–C) groups is 1. The predicted octanol–water partition coefficient (Wildman–Crippen LogP) is 0.888. The average Bonchev–Trinajstić information content (AvgIpc) is 3.10. The van der Waals surface area contributed by atoms with Gasteiger partial charge in [-0.25, -0.2) is 9.97 Å². The number of guanidine groups is 1. The van der Waals surface area contributed by atoms with E-state index in [-0.39, 0.29) is 0 Å². The van der Waals surface area contributed by atoms with E-state index in [1.807, 2.05) is 13.0 Å². The van der Waals surface area contributed by atoms with E-state index < -0.39 is 0 Å². The van der Waals surface area contributed by atoms with Crippen LogP contribution in [0.4, 0.5) is 5.95 Å². The highest BCUT2D eigenvalue weighted by Gasteiger charge is 2.20. The van der Waals surface area contributed by atoms with E-state index in [2.05, 4.69) is 42.1 Å². The molecule has 0 aromatic carbocycles. The molecule has 9 nitrogen and oxygen atoms in total. The lowest BCUT2D eigenvalue weighted by atomic mass is 10.3. The van der Waals surface area contributed by atoms with Crippen LogP contribution in [0.25, 0.3) is 0 Å². The molecule has 0 spiro atoms. The molecule has 2 aromatic heterocycles. The maximum absolute atomic E-state index is 5.14. The first kappa shape index (κ1) is 18.1. The maximum Gasteiger partial charge on any atom is 0.226 e. The Morgan fingerprint density at radius 2 is 2.00 bits per heavy atom. The van der Waals surface area contributed by atoms with Crippen molar-refractivity contribution in [3.8, 4) is 0 Å². The van der Waals surface area contributed by atoms with E-state index in [0.717, 1.165) is 64.0 Å². The highest BCUT2D eigenvalue weighted by atomic mass is 16.5. The normalized spacial score (nSPS) is 15.4. The Kier molecular flexibility index (Phi) is 6.34. The molecule has 26 heavy (non-hydrogen) atoms. The summed E-state index contributed by atoms with van der Waals surface area (Å²) in [5.41, 5.74) is 0. The summed E-state index contributed by atoms with van der Waals surface area (Å²) in [5.74, 6) is 3.11. The zero-order valence-electron chi connectivity index (χ0n) is 15.4. The topological polar surface area (TPSA) is 95.6 Å². The number of anilines is 1. The van der Waals surface area contributed by atoms with Crippen molar-refractivity contribution >= 4 is 11.9 Å². The monoisotopic (exact) mass is 358 g/mol. The second-order valence-electron chi connectivity index (χ2n) is 6.10. The summed E-state index contributed by atoms with van der Waals surface area (Å²) < 4.78 is 5.14. The molecule has 9 heteroatoms. The van der Waals surface area contributed by atoms with Crippen LogP contribution < -0.4 is 10.2 Å². The van der Waals surface area contributed by atoms with E-state index in [1.165, 1.54) is 0 Å². The Balaban J connectivity index is 1.49. The molecule has 1 N–H and O–H groups in total. The van der Waals surface area contributed by atoms with E-state index in [1.54, 1.807) is 12.4 Å². The molecule has 3 heterocycles. The van der Waals surface area contributed by atoms with Gasteiger partial charge in [-0.05, 0) is 26.3 Å². The summed E-state index contributed by atoms with van der Waals surface area (Å²) in [6.07, 6.45) is 5.20. The fraction of sp³-hybridized carbons (Fsp3) is 0.588. The number of aromatic nitrogens is 4. The van der Waals surface area contributed by atoms with Gasteiger partial charge in [0.15, 0.2) is 11.8 Å². The Morgan fingerprint density at radius 1 is 1.23 bits per heavy atom. The van der Waals surface area contributed by atoms with Gasteiger partial charge < -0.3 is 19.6 Å². The largest absolute Gasteiger partial charge is 0.357 e. The van der Waals surface area contributed by atoms with Crippen LogP contribution in [0.3, 0.4) is 0 Å². The predicted molar refractivity (Wildman–Crippen MR) is 99.2 cm³/mol. The zero-order valence-corrected chi connectivity index (χ0v) is 15.4. The molecular formula is C17H26N8O. The van der Waals surface area contributed by atoms with Crippen molar-refractivity contribution in [3.05, 3.63) is 30.2 Å². The van der Waals surface area contributed by atoms with Crippen LogP contribution in [-0.2, 0) is 6.42 Å². The molecule has 1 aliphatic heterocycles. The van der Waals surface area contributed by atoms with Gasteiger partial charge in [0.2, 0.25) is 11.8 Å². The van der Waals surface area contributed by atoms with Gasteiger partial charge in [-0.2, -0.15) is 4.98 Å². The van der Waals surface area contributed by atoms with Crippen molar-refractivity contribution in [2.45, 2.75) is 26.7 Å². The van der Waals surface area contributed by atoms with E-state index >= 15 is 0 Å². The lowest BCUT2D eigenvalue weighted by molar-refractivity contribution is 0.367. The molecule has 0 atom stereocenters. The van der Waals surface area contributed by atoms with Gasteiger partial charge in [0.1, 0.15) is 0 Å². The molecular weight excluding hydrogens is 332 g/mol. The smallest absolute Gasteiger partial charge is 0.226 e. The third-order valence-corrected chi connectivity index (χ3v) is 4.13. The molecule has 3 rings (SSSR count). The first-order valence-electron chi connectivity index (χ1n) is 9.10. The summed E-state index contributed by atoms with van der Waals surface area (Å²) in [6, 6.07) is 1.84. The second kappa shape index (κ2) is 9.12. The van der Waals surface area contributed by atoms with Gasteiger partial charge in [-0.3, -0.25) is 4.99 Å². The molecule has 0 amide bonds. The third kappa shape index (κ3) is 4.90. The lowest BCUT2D eigenvalue weighted by Crippen LogP contribution is -2.53. The van der Waals surface area contributed by atoms with E-state index in [9.17, 15) is 0 Å². The first-order chi connectivity index (χ1) is 12.8.